The standard InChI is InChI=1S/C13H18O/c1-2-3-7-13(11-14)10-12-8-5-4-6-9-12/h3-9,13-14H,2,10-11H2,1H3/t13-/m0/s1. The van der Waals surface area contributed by atoms with E-state index in [1.165, 1.54) is 5.56 Å². The van der Waals surface area contributed by atoms with Gasteiger partial charge in [0.1, 0.15) is 0 Å². The maximum atomic E-state index is 9.16. The molecular weight excluding hydrogens is 172 g/mol. The van der Waals surface area contributed by atoms with E-state index < -0.39 is 0 Å². The summed E-state index contributed by atoms with van der Waals surface area (Å²) in [6, 6.07) is 10.3. The van der Waals surface area contributed by atoms with Crippen LogP contribution in [0, 0.1) is 5.92 Å². The third-order valence-corrected chi connectivity index (χ3v) is 2.22. The van der Waals surface area contributed by atoms with E-state index in [0.29, 0.717) is 0 Å². The Morgan fingerprint density at radius 1 is 1.29 bits per heavy atom. The van der Waals surface area contributed by atoms with Gasteiger partial charge in [-0.1, -0.05) is 49.4 Å². The molecule has 0 aliphatic rings. The number of hydrogen-bond donors (Lipinski definition) is 1. The highest BCUT2D eigenvalue weighted by atomic mass is 16.3. The lowest BCUT2D eigenvalue weighted by molar-refractivity contribution is 0.252. The second kappa shape index (κ2) is 6.39. The Labute approximate surface area is 86.1 Å². The molecule has 0 bridgehead atoms. The SMILES string of the molecule is CCC=C[C@H](CO)Cc1ccccc1. The summed E-state index contributed by atoms with van der Waals surface area (Å²) in [5.41, 5.74) is 1.28. The third kappa shape index (κ3) is 3.75. The molecule has 0 spiro atoms. The summed E-state index contributed by atoms with van der Waals surface area (Å²) in [6.07, 6.45) is 6.18. The lowest BCUT2D eigenvalue weighted by Gasteiger charge is -2.08. The van der Waals surface area contributed by atoms with Crippen molar-refractivity contribution < 1.29 is 5.11 Å². The van der Waals surface area contributed by atoms with E-state index in [1.807, 2.05) is 18.2 Å². The van der Waals surface area contributed by atoms with Gasteiger partial charge in [0.05, 0.1) is 0 Å². The highest BCUT2D eigenvalue weighted by molar-refractivity contribution is 5.16. The van der Waals surface area contributed by atoms with E-state index in [-0.39, 0.29) is 12.5 Å². The second-order valence-corrected chi connectivity index (χ2v) is 3.47. The van der Waals surface area contributed by atoms with Crippen LogP contribution < -0.4 is 0 Å². The van der Waals surface area contributed by atoms with Crippen molar-refractivity contribution in [3.63, 3.8) is 0 Å². The Morgan fingerprint density at radius 2 is 2.00 bits per heavy atom. The molecule has 1 rings (SSSR count). The molecule has 0 heterocycles. The predicted molar refractivity (Wildman–Crippen MR) is 60.2 cm³/mol. The number of hydrogen-bond acceptors (Lipinski definition) is 1. The van der Waals surface area contributed by atoms with Gasteiger partial charge in [0.15, 0.2) is 0 Å². The van der Waals surface area contributed by atoms with Gasteiger partial charge < -0.3 is 5.11 Å². The molecule has 0 aromatic heterocycles. The van der Waals surface area contributed by atoms with Gasteiger partial charge >= 0.3 is 0 Å². The van der Waals surface area contributed by atoms with Gasteiger partial charge in [0, 0.05) is 12.5 Å². The fourth-order valence-electron chi connectivity index (χ4n) is 1.44. The van der Waals surface area contributed by atoms with E-state index in [2.05, 4.69) is 31.2 Å². The maximum absolute atomic E-state index is 9.16. The first-order valence-corrected chi connectivity index (χ1v) is 5.18. The highest BCUT2D eigenvalue weighted by Gasteiger charge is 2.03. The van der Waals surface area contributed by atoms with Crippen LogP contribution in [0.2, 0.25) is 0 Å². The molecule has 1 N–H and O–H groups in total. The molecule has 76 valence electrons. The quantitative estimate of drug-likeness (QED) is 0.708. The van der Waals surface area contributed by atoms with Gasteiger partial charge in [0.25, 0.3) is 0 Å². The van der Waals surface area contributed by atoms with Crippen molar-refractivity contribution in [1.29, 1.82) is 0 Å². The van der Waals surface area contributed by atoms with Crippen molar-refractivity contribution in [2.24, 2.45) is 5.92 Å². The van der Waals surface area contributed by atoms with E-state index in [4.69, 9.17) is 5.11 Å². The van der Waals surface area contributed by atoms with Crippen LogP contribution in [0.25, 0.3) is 0 Å². The van der Waals surface area contributed by atoms with Gasteiger partial charge in [-0.25, -0.2) is 0 Å². The monoisotopic (exact) mass is 190 g/mol. The summed E-state index contributed by atoms with van der Waals surface area (Å²) in [7, 11) is 0. The average molecular weight is 190 g/mol. The van der Waals surface area contributed by atoms with Crippen LogP contribution in [-0.2, 0) is 6.42 Å². The molecule has 1 atom stereocenters. The molecule has 0 saturated heterocycles. The Morgan fingerprint density at radius 3 is 2.57 bits per heavy atom. The molecule has 0 fully saturated rings. The number of aliphatic hydroxyl groups is 1. The van der Waals surface area contributed by atoms with Crippen molar-refractivity contribution in [1.82, 2.24) is 0 Å². The van der Waals surface area contributed by atoms with Gasteiger partial charge in [0.2, 0.25) is 0 Å². The van der Waals surface area contributed by atoms with Gasteiger partial charge in [-0.3, -0.25) is 0 Å². The molecule has 0 radical (unpaired) electrons. The highest BCUT2D eigenvalue weighted by Crippen LogP contribution is 2.09. The van der Waals surface area contributed by atoms with Crippen LogP contribution in [0.4, 0.5) is 0 Å². The molecule has 0 amide bonds. The van der Waals surface area contributed by atoms with Crippen LogP contribution in [-0.4, -0.2) is 11.7 Å². The number of benzene rings is 1. The molecular formula is C13H18O. The van der Waals surface area contributed by atoms with E-state index >= 15 is 0 Å². The Hall–Kier alpha value is -1.08. The first-order valence-electron chi connectivity index (χ1n) is 5.18. The Balaban J connectivity index is 2.53. The molecule has 0 saturated carbocycles. The smallest absolute Gasteiger partial charge is 0.0496 e. The van der Waals surface area contributed by atoms with E-state index in [9.17, 15) is 0 Å². The summed E-state index contributed by atoms with van der Waals surface area (Å²) in [4.78, 5) is 0. The minimum Gasteiger partial charge on any atom is -0.396 e. The largest absolute Gasteiger partial charge is 0.396 e. The van der Waals surface area contributed by atoms with Crippen LogP contribution in [0.5, 0.6) is 0 Å². The molecule has 0 unspecified atom stereocenters. The number of aliphatic hydroxyl groups excluding tert-OH is 1. The molecule has 0 aliphatic heterocycles. The molecule has 1 nitrogen and oxygen atoms in total. The number of rotatable bonds is 5. The first kappa shape index (κ1) is 11.0. The van der Waals surface area contributed by atoms with Crippen LogP contribution >= 0.6 is 0 Å². The number of allylic oxidation sites excluding steroid dienone is 1. The molecule has 1 aromatic carbocycles. The summed E-state index contributed by atoms with van der Waals surface area (Å²) >= 11 is 0. The van der Waals surface area contributed by atoms with Gasteiger partial charge in [-0.15, -0.1) is 0 Å². The molecule has 14 heavy (non-hydrogen) atoms. The van der Waals surface area contributed by atoms with Gasteiger partial charge in [-0.2, -0.15) is 0 Å². The fourth-order valence-corrected chi connectivity index (χ4v) is 1.44. The van der Waals surface area contributed by atoms with E-state index in [0.717, 1.165) is 12.8 Å². The predicted octanol–water partition coefficient (Wildman–Crippen LogP) is 2.80. The Bertz CT molecular complexity index is 264. The summed E-state index contributed by atoms with van der Waals surface area (Å²) in [5.74, 6) is 0.261. The minimum atomic E-state index is 0.228. The zero-order valence-electron chi connectivity index (χ0n) is 8.69. The zero-order valence-corrected chi connectivity index (χ0v) is 8.69. The van der Waals surface area contributed by atoms with Crippen molar-refractivity contribution in [2.75, 3.05) is 6.61 Å². The van der Waals surface area contributed by atoms with Crippen molar-refractivity contribution in [3.8, 4) is 0 Å². The average Bonchev–Trinajstić information content (AvgIpc) is 2.25. The maximum Gasteiger partial charge on any atom is 0.0496 e. The zero-order chi connectivity index (χ0) is 10.2. The summed E-state index contributed by atoms with van der Waals surface area (Å²) < 4.78 is 0. The molecule has 1 heteroatoms. The fraction of sp³-hybridized carbons (Fsp3) is 0.385. The third-order valence-electron chi connectivity index (χ3n) is 2.22. The lowest BCUT2D eigenvalue weighted by atomic mass is 9.99. The summed E-state index contributed by atoms with van der Waals surface area (Å²) in [6.45, 7) is 2.33. The van der Waals surface area contributed by atoms with Crippen molar-refractivity contribution >= 4 is 0 Å². The van der Waals surface area contributed by atoms with Crippen molar-refractivity contribution in [2.45, 2.75) is 19.8 Å². The first-order chi connectivity index (χ1) is 6.86. The van der Waals surface area contributed by atoms with Gasteiger partial charge in [-0.05, 0) is 18.4 Å². The second-order valence-electron chi connectivity index (χ2n) is 3.47. The molecule has 0 aliphatic carbocycles. The van der Waals surface area contributed by atoms with Crippen molar-refractivity contribution in [3.05, 3.63) is 48.0 Å². The van der Waals surface area contributed by atoms with Crippen LogP contribution in [0.15, 0.2) is 42.5 Å². The summed E-state index contributed by atoms with van der Waals surface area (Å²) in [5, 5.41) is 9.16. The van der Waals surface area contributed by atoms with E-state index in [1.54, 1.807) is 0 Å². The molecule has 1 aromatic rings. The van der Waals surface area contributed by atoms with Crippen LogP contribution in [0.1, 0.15) is 18.9 Å². The minimum absolute atomic E-state index is 0.228. The normalized spacial score (nSPS) is 13.3. The lowest BCUT2D eigenvalue weighted by Crippen LogP contribution is -2.06. The van der Waals surface area contributed by atoms with Crippen LogP contribution in [0.3, 0.4) is 0 Å². The Kier molecular flexibility index (Phi) is 5.02. The topological polar surface area (TPSA) is 20.2 Å².